The van der Waals surface area contributed by atoms with E-state index in [1.54, 1.807) is 0 Å². The first-order valence-electron chi connectivity index (χ1n) is 9.56. The Balaban J connectivity index is 3.17. The molecule has 0 heterocycles. The van der Waals surface area contributed by atoms with E-state index in [2.05, 4.69) is 6.92 Å². The van der Waals surface area contributed by atoms with Crippen LogP contribution < -0.4 is 0 Å². The molecule has 21 heavy (non-hydrogen) atoms. The quantitative estimate of drug-likeness (QED) is 0.364. The van der Waals surface area contributed by atoms with Crippen molar-refractivity contribution in [3.05, 3.63) is 0 Å². The third kappa shape index (κ3) is 16.1. The van der Waals surface area contributed by atoms with Crippen molar-refractivity contribution in [2.24, 2.45) is 0 Å². The van der Waals surface area contributed by atoms with Crippen molar-refractivity contribution in [1.82, 2.24) is 0 Å². The molecule has 0 aromatic rings. The van der Waals surface area contributed by atoms with Crippen molar-refractivity contribution in [2.75, 3.05) is 0 Å². The molecule has 0 radical (unpaired) electrons. The summed E-state index contributed by atoms with van der Waals surface area (Å²) in [6.07, 6.45) is 17.5. The molecule has 0 aliphatic carbocycles. The van der Waals surface area contributed by atoms with E-state index in [0.717, 1.165) is 38.5 Å². The van der Waals surface area contributed by atoms with Gasteiger partial charge in [0.25, 0.3) is 0 Å². The zero-order valence-electron chi connectivity index (χ0n) is 14.7. The lowest BCUT2D eigenvalue weighted by atomic mass is 10.0. The van der Waals surface area contributed by atoms with Crippen molar-refractivity contribution >= 4 is 0 Å². The largest absolute Gasteiger partial charge is 0.393 e. The summed E-state index contributed by atoms with van der Waals surface area (Å²) >= 11 is 0. The Labute approximate surface area is 133 Å². The topological polar surface area (TPSA) is 40.5 Å². The molecular formula is C19H40O2. The predicted octanol–water partition coefficient (Wildman–Crippen LogP) is 5.60. The Morgan fingerprint density at radius 2 is 0.905 bits per heavy atom. The maximum absolute atomic E-state index is 9.91. The minimum absolute atomic E-state index is 0.117. The number of rotatable bonds is 16. The molecule has 2 heteroatoms. The fourth-order valence-electron chi connectivity index (χ4n) is 2.80. The Morgan fingerprint density at radius 3 is 1.38 bits per heavy atom. The lowest BCUT2D eigenvalue weighted by molar-refractivity contribution is 0.135. The average Bonchev–Trinajstić information content (AvgIpc) is 2.49. The second kappa shape index (κ2) is 16.3. The summed E-state index contributed by atoms with van der Waals surface area (Å²) < 4.78 is 0. The third-order valence-electron chi connectivity index (χ3n) is 4.44. The summed E-state index contributed by atoms with van der Waals surface area (Å²) in [5, 5.41) is 19.4. The highest BCUT2D eigenvalue weighted by Gasteiger charge is 2.05. The first-order chi connectivity index (χ1) is 10.2. The molecule has 0 fully saturated rings. The summed E-state index contributed by atoms with van der Waals surface area (Å²) in [5.41, 5.74) is 0. The van der Waals surface area contributed by atoms with Crippen molar-refractivity contribution in [1.29, 1.82) is 0 Å². The van der Waals surface area contributed by atoms with Crippen LogP contribution in [0.1, 0.15) is 110 Å². The number of hydrogen-bond donors (Lipinski definition) is 2. The normalized spacial score (nSPS) is 14.3. The van der Waals surface area contributed by atoms with Gasteiger partial charge in [0.05, 0.1) is 12.2 Å². The highest BCUT2D eigenvalue weighted by Crippen LogP contribution is 2.14. The van der Waals surface area contributed by atoms with Crippen LogP contribution in [-0.2, 0) is 0 Å². The first-order valence-corrected chi connectivity index (χ1v) is 9.56. The van der Waals surface area contributed by atoms with E-state index in [1.807, 2.05) is 6.92 Å². The Hall–Kier alpha value is -0.0800. The van der Waals surface area contributed by atoms with Crippen LogP contribution in [0, 0.1) is 0 Å². The van der Waals surface area contributed by atoms with Crippen molar-refractivity contribution in [3.63, 3.8) is 0 Å². The number of aliphatic hydroxyl groups excluding tert-OH is 2. The lowest BCUT2D eigenvalue weighted by Crippen LogP contribution is -2.08. The van der Waals surface area contributed by atoms with Gasteiger partial charge in [0.1, 0.15) is 0 Å². The Morgan fingerprint density at radius 1 is 0.524 bits per heavy atom. The molecule has 0 saturated heterocycles. The molecule has 0 amide bonds. The zero-order chi connectivity index (χ0) is 15.8. The second-order valence-corrected chi connectivity index (χ2v) is 6.62. The summed E-state index contributed by atoms with van der Waals surface area (Å²) in [4.78, 5) is 0. The second-order valence-electron chi connectivity index (χ2n) is 6.62. The van der Waals surface area contributed by atoms with E-state index in [1.165, 1.54) is 57.8 Å². The monoisotopic (exact) mass is 300 g/mol. The van der Waals surface area contributed by atoms with Crippen LogP contribution in [0.4, 0.5) is 0 Å². The van der Waals surface area contributed by atoms with Crippen LogP contribution in [0.5, 0.6) is 0 Å². The summed E-state index contributed by atoms with van der Waals surface area (Å²) in [7, 11) is 0. The number of unbranched alkanes of at least 4 members (excludes halogenated alkanes) is 9. The van der Waals surface area contributed by atoms with E-state index in [4.69, 9.17) is 0 Å². The van der Waals surface area contributed by atoms with E-state index < -0.39 is 0 Å². The zero-order valence-corrected chi connectivity index (χ0v) is 14.7. The summed E-state index contributed by atoms with van der Waals surface area (Å²) in [6.45, 7) is 4.28. The molecule has 0 saturated carbocycles. The van der Waals surface area contributed by atoms with Gasteiger partial charge in [-0.3, -0.25) is 0 Å². The molecule has 2 N–H and O–H groups in total. The molecule has 0 aromatic carbocycles. The summed E-state index contributed by atoms with van der Waals surface area (Å²) in [5.74, 6) is 0. The highest BCUT2D eigenvalue weighted by molar-refractivity contribution is 4.59. The fraction of sp³-hybridized carbons (Fsp3) is 1.00. The molecule has 0 aliphatic heterocycles. The van der Waals surface area contributed by atoms with Crippen molar-refractivity contribution in [2.45, 2.75) is 122 Å². The molecule has 2 unspecified atom stereocenters. The van der Waals surface area contributed by atoms with Crippen LogP contribution in [0.25, 0.3) is 0 Å². The average molecular weight is 301 g/mol. The van der Waals surface area contributed by atoms with E-state index in [0.29, 0.717) is 0 Å². The molecule has 0 rings (SSSR count). The first kappa shape index (κ1) is 20.9. The van der Waals surface area contributed by atoms with Gasteiger partial charge in [0, 0.05) is 0 Å². The molecule has 0 spiro atoms. The van der Waals surface area contributed by atoms with E-state index in [-0.39, 0.29) is 12.2 Å². The smallest absolute Gasteiger partial charge is 0.0540 e. The molecule has 2 nitrogen and oxygen atoms in total. The van der Waals surface area contributed by atoms with Crippen molar-refractivity contribution < 1.29 is 10.2 Å². The standard InChI is InChI=1S/C19H40O2/c1-3-5-6-7-8-9-10-11-12-16-19(21)17-14-13-15-18(20)4-2/h18-21H,3-17H2,1-2H3. The maximum atomic E-state index is 9.91. The molecule has 128 valence electrons. The Kier molecular flexibility index (Phi) is 16.2. The molecule has 2 atom stereocenters. The molecule has 0 bridgehead atoms. The van der Waals surface area contributed by atoms with Gasteiger partial charge in [0.2, 0.25) is 0 Å². The molecule has 0 aromatic heterocycles. The molecular weight excluding hydrogens is 260 g/mol. The van der Waals surface area contributed by atoms with Gasteiger partial charge in [-0.15, -0.1) is 0 Å². The van der Waals surface area contributed by atoms with Gasteiger partial charge < -0.3 is 10.2 Å². The van der Waals surface area contributed by atoms with Crippen LogP contribution in [-0.4, -0.2) is 22.4 Å². The van der Waals surface area contributed by atoms with Crippen LogP contribution >= 0.6 is 0 Å². The van der Waals surface area contributed by atoms with E-state index >= 15 is 0 Å². The van der Waals surface area contributed by atoms with Gasteiger partial charge in [-0.1, -0.05) is 84.5 Å². The third-order valence-corrected chi connectivity index (χ3v) is 4.44. The number of aliphatic hydroxyl groups is 2. The van der Waals surface area contributed by atoms with Gasteiger partial charge in [0.15, 0.2) is 0 Å². The maximum Gasteiger partial charge on any atom is 0.0540 e. The van der Waals surface area contributed by atoms with Gasteiger partial charge in [-0.25, -0.2) is 0 Å². The highest BCUT2D eigenvalue weighted by atomic mass is 16.3. The lowest BCUT2D eigenvalue weighted by Gasteiger charge is -2.11. The fourth-order valence-corrected chi connectivity index (χ4v) is 2.80. The number of hydrogen-bond acceptors (Lipinski definition) is 2. The molecule has 0 aliphatic rings. The van der Waals surface area contributed by atoms with Crippen LogP contribution in [0.15, 0.2) is 0 Å². The van der Waals surface area contributed by atoms with Crippen molar-refractivity contribution in [3.8, 4) is 0 Å². The van der Waals surface area contributed by atoms with Crippen LogP contribution in [0.3, 0.4) is 0 Å². The van der Waals surface area contributed by atoms with Crippen LogP contribution in [0.2, 0.25) is 0 Å². The predicted molar refractivity (Wildman–Crippen MR) is 92.6 cm³/mol. The minimum atomic E-state index is -0.139. The Bertz CT molecular complexity index is 194. The SMILES string of the molecule is CCCCCCCCCCCC(O)CCCCC(O)CC. The minimum Gasteiger partial charge on any atom is -0.393 e. The van der Waals surface area contributed by atoms with Gasteiger partial charge >= 0.3 is 0 Å². The van der Waals surface area contributed by atoms with Gasteiger partial charge in [-0.2, -0.15) is 0 Å². The summed E-state index contributed by atoms with van der Waals surface area (Å²) in [6, 6.07) is 0. The van der Waals surface area contributed by atoms with Gasteiger partial charge in [-0.05, 0) is 25.7 Å². The van der Waals surface area contributed by atoms with E-state index in [9.17, 15) is 10.2 Å².